The zero-order valence-corrected chi connectivity index (χ0v) is 13.1. The van der Waals surface area contributed by atoms with Gasteiger partial charge in [0.1, 0.15) is 5.69 Å². The highest BCUT2D eigenvalue weighted by Gasteiger charge is 2.11. The SMILES string of the molecule is Nc1cc(Sc2ccc(-c3cccs3)cc2)ccc1[N+](=O)[O-]. The van der Waals surface area contributed by atoms with E-state index in [0.29, 0.717) is 0 Å². The Labute approximate surface area is 135 Å². The summed E-state index contributed by atoms with van der Waals surface area (Å²) in [6.45, 7) is 0. The molecule has 1 heterocycles. The normalized spacial score (nSPS) is 10.5. The largest absolute Gasteiger partial charge is 0.393 e. The van der Waals surface area contributed by atoms with Gasteiger partial charge in [-0.3, -0.25) is 10.1 Å². The monoisotopic (exact) mass is 328 g/mol. The molecule has 0 amide bonds. The number of nitrogen functional groups attached to an aromatic ring is 1. The van der Waals surface area contributed by atoms with Crippen molar-refractivity contribution in [3.05, 3.63) is 70.1 Å². The van der Waals surface area contributed by atoms with Crippen molar-refractivity contribution in [2.45, 2.75) is 9.79 Å². The first kappa shape index (κ1) is 14.6. The lowest BCUT2D eigenvalue weighted by Crippen LogP contribution is -1.95. The number of thiophene rings is 1. The fraction of sp³-hybridized carbons (Fsp3) is 0. The molecule has 1 aromatic heterocycles. The van der Waals surface area contributed by atoms with Gasteiger partial charge in [-0.15, -0.1) is 11.3 Å². The molecule has 0 saturated heterocycles. The molecule has 0 radical (unpaired) electrons. The summed E-state index contributed by atoms with van der Waals surface area (Å²) >= 11 is 3.23. The molecule has 0 aliphatic rings. The summed E-state index contributed by atoms with van der Waals surface area (Å²) in [5.74, 6) is 0. The van der Waals surface area contributed by atoms with Crippen molar-refractivity contribution in [2.75, 3.05) is 5.73 Å². The Kier molecular flexibility index (Phi) is 4.13. The van der Waals surface area contributed by atoms with Crippen molar-refractivity contribution < 1.29 is 4.92 Å². The van der Waals surface area contributed by atoms with Gasteiger partial charge in [0.25, 0.3) is 5.69 Å². The standard InChI is InChI=1S/C16H12N2O2S2/c17-14-10-13(7-8-15(14)18(19)20)22-12-5-3-11(4-6-12)16-2-1-9-21-16/h1-10H,17H2. The van der Waals surface area contributed by atoms with Crippen LogP contribution in [0.4, 0.5) is 11.4 Å². The number of nitrogens with zero attached hydrogens (tertiary/aromatic N) is 1. The van der Waals surface area contributed by atoms with Crippen LogP contribution in [0.25, 0.3) is 10.4 Å². The van der Waals surface area contributed by atoms with E-state index in [1.165, 1.54) is 28.3 Å². The van der Waals surface area contributed by atoms with Gasteiger partial charge < -0.3 is 5.73 Å². The Hall–Kier alpha value is -2.31. The van der Waals surface area contributed by atoms with Gasteiger partial charge in [0.15, 0.2) is 0 Å². The van der Waals surface area contributed by atoms with E-state index in [4.69, 9.17) is 5.73 Å². The highest BCUT2D eigenvalue weighted by molar-refractivity contribution is 7.99. The number of benzene rings is 2. The summed E-state index contributed by atoms with van der Waals surface area (Å²) in [7, 11) is 0. The van der Waals surface area contributed by atoms with E-state index in [2.05, 4.69) is 23.6 Å². The summed E-state index contributed by atoms with van der Waals surface area (Å²) in [5, 5.41) is 12.8. The van der Waals surface area contributed by atoms with E-state index in [9.17, 15) is 10.1 Å². The van der Waals surface area contributed by atoms with Gasteiger partial charge in [-0.2, -0.15) is 0 Å². The van der Waals surface area contributed by atoms with Crippen LogP contribution in [0.1, 0.15) is 0 Å². The minimum absolute atomic E-state index is 0.0580. The maximum atomic E-state index is 10.8. The summed E-state index contributed by atoms with van der Waals surface area (Å²) in [5.41, 5.74) is 7.02. The molecular weight excluding hydrogens is 316 g/mol. The number of nitro groups is 1. The number of nitro benzene ring substituents is 1. The van der Waals surface area contributed by atoms with Crippen LogP contribution in [0.15, 0.2) is 69.8 Å². The highest BCUT2D eigenvalue weighted by atomic mass is 32.2. The van der Waals surface area contributed by atoms with Gasteiger partial charge in [-0.05, 0) is 41.3 Å². The molecule has 2 N–H and O–H groups in total. The molecule has 0 fully saturated rings. The van der Waals surface area contributed by atoms with E-state index in [1.807, 2.05) is 18.2 Å². The lowest BCUT2D eigenvalue weighted by atomic mass is 10.2. The number of nitrogens with two attached hydrogens (primary N) is 1. The molecule has 4 nitrogen and oxygen atoms in total. The van der Waals surface area contributed by atoms with Gasteiger partial charge in [0.2, 0.25) is 0 Å². The van der Waals surface area contributed by atoms with Crippen molar-refractivity contribution in [1.82, 2.24) is 0 Å². The summed E-state index contributed by atoms with van der Waals surface area (Å²) in [6, 6.07) is 17.1. The van der Waals surface area contributed by atoms with E-state index in [0.717, 1.165) is 9.79 Å². The number of anilines is 1. The molecule has 6 heteroatoms. The Bertz CT molecular complexity index is 800. The van der Waals surface area contributed by atoms with Crippen LogP contribution in [0.2, 0.25) is 0 Å². The highest BCUT2D eigenvalue weighted by Crippen LogP contribution is 2.34. The number of hydrogen-bond acceptors (Lipinski definition) is 5. The van der Waals surface area contributed by atoms with Crippen molar-refractivity contribution in [2.24, 2.45) is 0 Å². The molecule has 110 valence electrons. The van der Waals surface area contributed by atoms with Gasteiger partial charge in [-0.1, -0.05) is 30.0 Å². The molecule has 0 aliphatic carbocycles. The fourth-order valence-electron chi connectivity index (χ4n) is 2.03. The Morgan fingerprint density at radius 1 is 1.05 bits per heavy atom. The predicted molar refractivity (Wildman–Crippen MR) is 91.4 cm³/mol. The minimum atomic E-state index is -0.473. The van der Waals surface area contributed by atoms with Crippen LogP contribution in [0, 0.1) is 10.1 Å². The van der Waals surface area contributed by atoms with Crippen LogP contribution in [-0.4, -0.2) is 4.92 Å². The van der Waals surface area contributed by atoms with Crippen molar-refractivity contribution in [1.29, 1.82) is 0 Å². The molecule has 0 atom stereocenters. The maximum Gasteiger partial charge on any atom is 0.292 e. The second kappa shape index (κ2) is 6.21. The Morgan fingerprint density at radius 3 is 2.36 bits per heavy atom. The fourth-order valence-corrected chi connectivity index (χ4v) is 3.63. The quantitative estimate of drug-likeness (QED) is 0.413. The second-order valence-corrected chi connectivity index (χ2v) is 6.68. The average molecular weight is 328 g/mol. The molecule has 0 bridgehead atoms. The van der Waals surface area contributed by atoms with Crippen LogP contribution >= 0.6 is 23.1 Å². The topological polar surface area (TPSA) is 69.2 Å². The summed E-state index contributed by atoms with van der Waals surface area (Å²) in [4.78, 5) is 13.5. The first-order valence-corrected chi connectivity index (χ1v) is 8.19. The molecule has 3 rings (SSSR count). The van der Waals surface area contributed by atoms with E-state index in [-0.39, 0.29) is 11.4 Å². The summed E-state index contributed by atoms with van der Waals surface area (Å²) < 4.78 is 0. The molecule has 22 heavy (non-hydrogen) atoms. The first-order chi connectivity index (χ1) is 10.6. The third-order valence-corrected chi connectivity index (χ3v) is 5.01. The van der Waals surface area contributed by atoms with Crippen LogP contribution < -0.4 is 5.73 Å². The molecule has 0 spiro atoms. The van der Waals surface area contributed by atoms with Crippen LogP contribution in [-0.2, 0) is 0 Å². The van der Waals surface area contributed by atoms with Crippen LogP contribution in [0.5, 0.6) is 0 Å². The zero-order chi connectivity index (χ0) is 15.5. The van der Waals surface area contributed by atoms with Crippen molar-refractivity contribution in [3.63, 3.8) is 0 Å². The zero-order valence-electron chi connectivity index (χ0n) is 11.4. The molecular formula is C16H12N2O2S2. The Morgan fingerprint density at radius 2 is 1.77 bits per heavy atom. The first-order valence-electron chi connectivity index (χ1n) is 6.49. The lowest BCUT2D eigenvalue weighted by Gasteiger charge is -2.04. The smallest absolute Gasteiger partial charge is 0.292 e. The second-order valence-electron chi connectivity index (χ2n) is 4.58. The Balaban J connectivity index is 1.79. The van der Waals surface area contributed by atoms with Gasteiger partial charge >= 0.3 is 0 Å². The van der Waals surface area contributed by atoms with Gasteiger partial charge in [-0.25, -0.2) is 0 Å². The maximum absolute atomic E-state index is 10.8. The lowest BCUT2D eigenvalue weighted by molar-refractivity contribution is -0.383. The molecule has 0 aliphatic heterocycles. The van der Waals surface area contributed by atoms with Gasteiger partial charge in [0, 0.05) is 20.7 Å². The third-order valence-electron chi connectivity index (χ3n) is 3.09. The van der Waals surface area contributed by atoms with E-state index in [1.54, 1.807) is 23.5 Å². The van der Waals surface area contributed by atoms with Crippen LogP contribution in [0.3, 0.4) is 0 Å². The number of hydrogen-bond donors (Lipinski definition) is 1. The predicted octanol–water partition coefficient (Wildman–Crippen LogP) is 5.06. The van der Waals surface area contributed by atoms with Crippen molar-refractivity contribution >= 4 is 34.5 Å². The molecule has 0 saturated carbocycles. The van der Waals surface area contributed by atoms with Gasteiger partial charge in [0.05, 0.1) is 4.92 Å². The minimum Gasteiger partial charge on any atom is -0.393 e. The third kappa shape index (κ3) is 3.13. The van der Waals surface area contributed by atoms with Crippen molar-refractivity contribution in [3.8, 4) is 10.4 Å². The van der Waals surface area contributed by atoms with E-state index < -0.39 is 4.92 Å². The molecule has 0 unspecified atom stereocenters. The number of rotatable bonds is 4. The summed E-state index contributed by atoms with van der Waals surface area (Å²) in [6.07, 6.45) is 0. The van der Waals surface area contributed by atoms with E-state index >= 15 is 0 Å². The average Bonchev–Trinajstić information content (AvgIpc) is 3.02. The molecule has 2 aromatic carbocycles. The molecule has 3 aromatic rings.